The summed E-state index contributed by atoms with van der Waals surface area (Å²) in [6.45, 7) is 0.339. The summed E-state index contributed by atoms with van der Waals surface area (Å²) < 4.78 is 10.6. The van der Waals surface area contributed by atoms with Crippen LogP contribution in [-0.4, -0.2) is 18.9 Å². The zero-order valence-electron chi connectivity index (χ0n) is 13.0. The van der Waals surface area contributed by atoms with Gasteiger partial charge in [-0.05, 0) is 29.8 Å². The van der Waals surface area contributed by atoms with E-state index in [-0.39, 0.29) is 11.7 Å². The van der Waals surface area contributed by atoms with E-state index < -0.39 is 0 Å². The first kappa shape index (κ1) is 15.7. The van der Waals surface area contributed by atoms with Gasteiger partial charge in [0.2, 0.25) is 0 Å². The minimum Gasteiger partial charge on any atom is -0.462 e. The smallest absolute Gasteiger partial charge is 0.338 e. The van der Waals surface area contributed by atoms with Gasteiger partial charge < -0.3 is 9.15 Å². The Labute approximate surface area is 139 Å². The Kier molecular flexibility index (Phi) is 4.87. The average Bonchev–Trinajstić information content (AvgIpc) is 3.12. The Hall–Kier alpha value is -3.14. The lowest BCUT2D eigenvalue weighted by atomic mass is 10.1. The van der Waals surface area contributed by atoms with Gasteiger partial charge in [-0.15, -0.1) is 0 Å². The van der Waals surface area contributed by atoms with E-state index in [1.54, 1.807) is 36.4 Å². The molecule has 0 radical (unpaired) electrons. The van der Waals surface area contributed by atoms with Gasteiger partial charge in [0.15, 0.2) is 12.0 Å². The van der Waals surface area contributed by atoms with Gasteiger partial charge in [-0.1, -0.05) is 42.5 Å². The number of hydrogen-bond donors (Lipinski definition) is 0. The standard InChI is InChI=1S/C20H16O4/c21-14-18-10-11-19(24-18)16-6-8-17(9-7-16)20(22)23-13-12-15-4-2-1-3-5-15/h1-11,14H,12-13H2. The summed E-state index contributed by atoms with van der Waals surface area (Å²) >= 11 is 0. The van der Waals surface area contributed by atoms with E-state index in [4.69, 9.17) is 9.15 Å². The zero-order chi connectivity index (χ0) is 16.8. The molecule has 3 rings (SSSR count). The lowest BCUT2D eigenvalue weighted by Crippen LogP contribution is -2.08. The topological polar surface area (TPSA) is 56.5 Å². The van der Waals surface area contributed by atoms with Crippen molar-refractivity contribution in [2.45, 2.75) is 6.42 Å². The van der Waals surface area contributed by atoms with Gasteiger partial charge in [0.25, 0.3) is 0 Å². The van der Waals surface area contributed by atoms with Gasteiger partial charge in [0, 0.05) is 12.0 Å². The van der Waals surface area contributed by atoms with Crippen molar-refractivity contribution in [3.63, 3.8) is 0 Å². The first-order valence-electron chi connectivity index (χ1n) is 7.63. The molecule has 0 saturated carbocycles. The molecule has 1 aromatic heterocycles. The van der Waals surface area contributed by atoms with Crippen LogP contribution in [0.25, 0.3) is 11.3 Å². The highest BCUT2D eigenvalue weighted by Gasteiger charge is 2.09. The molecule has 0 aliphatic rings. The molecular weight excluding hydrogens is 304 g/mol. The van der Waals surface area contributed by atoms with Crippen molar-refractivity contribution in [2.24, 2.45) is 0 Å². The van der Waals surface area contributed by atoms with Crippen LogP contribution in [0.5, 0.6) is 0 Å². The molecule has 2 aromatic carbocycles. The normalized spacial score (nSPS) is 10.3. The van der Waals surface area contributed by atoms with Gasteiger partial charge >= 0.3 is 5.97 Å². The quantitative estimate of drug-likeness (QED) is 0.505. The Morgan fingerprint density at radius 2 is 1.71 bits per heavy atom. The fourth-order valence-corrected chi connectivity index (χ4v) is 2.33. The molecule has 0 N–H and O–H groups in total. The molecule has 0 fully saturated rings. The van der Waals surface area contributed by atoms with Gasteiger partial charge in [-0.2, -0.15) is 0 Å². The van der Waals surface area contributed by atoms with Crippen LogP contribution in [0.15, 0.2) is 71.1 Å². The summed E-state index contributed by atoms with van der Waals surface area (Å²) in [5.41, 5.74) is 2.40. The van der Waals surface area contributed by atoms with E-state index in [0.29, 0.717) is 30.6 Å². The lowest BCUT2D eigenvalue weighted by molar-refractivity contribution is 0.0509. The Morgan fingerprint density at radius 1 is 0.958 bits per heavy atom. The average molecular weight is 320 g/mol. The summed E-state index contributed by atoms with van der Waals surface area (Å²) in [5, 5.41) is 0. The van der Waals surface area contributed by atoms with Crippen LogP contribution in [0.4, 0.5) is 0 Å². The van der Waals surface area contributed by atoms with E-state index in [1.807, 2.05) is 30.3 Å². The molecule has 0 aliphatic heterocycles. The Morgan fingerprint density at radius 3 is 2.38 bits per heavy atom. The van der Waals surface area contributed by atoms with E-state index in [9.17, 15) is 9.59 Å². The van der Waals surface area contributed by atoms with Gasteiger partial charge in [0.1, 0.15) is 5.76 Å². The second kappa shape index (κ2) is 7.42. The van der Waals surface area contributed by atoms with Crippen molar-refractivity contribution in [3.05, 3.63) is 83.6 Å². The van der Waals surface area contributed by atoms with Crippen LogP contribution in [0.1, 0.15) is 26.5 Å². The van der Waals surface area contributed by atoms with Crippen LogP contribution in [0.3, 0.4) is 0 Å². The maximum Gasteiger partial charge on any atom is 0.338 e. The van der Waals surface area contributed by atoms with Gasteiger partial charge in [-0.3, -0.25) is 4.79 Å². The van der Waals surface area contributed by atoms with E-state index in [1.165, 1.54) is 0 Å². The minimum atomic E-state index is -0.356. The summed E-state index contributed by atoms with van der Waals surface area (Å²) in [6, 6.07) is 20.1. The monoisotopic (exact) mass is 320 g/mol. The lowest BCUT2D eigenvalue weighted by Gasteiger charge is -2.05. The van der Waals surface area contributed by atoms with Crippen LogP contribution < -0.4 is 0 Å². The van der Waals surface area contributed by atoms with E-state index >= 15 is 0 Å². The highest BCUT2D eigenvalue weighted by Crippen LogP contribution is 2.22. The molecule has 0 saturated heterocycles. The Bertz CT molecular complexity index is 816. The number of rotatable bonds is 6. The number of carbonyl (C=O) groups excluding carboxylic acids is 2. The molecule has 0 amide bonds. The second-order valence-corrected chi connectivity index (χ2v) is 5.27. The highest BCUT2D eigenvalue weighted by molar-refractivity contribution is 5.90. The molecule has 4 nitrogen and oxygen atoms in total. The molecule has 0 aliphatic carbocycles. The van der Waals surface area contributed by atoms with Gasteiger partial charge in [0.05, 0.1) is 12.2 Å². The summed E-state index contributed by atoms with van der Waals surface area (Å²) in [6.07, 6.45) is 1.34. The third kappa shape index (κ3) is 3.79. The number of hydrogen-bond acceptors (Lipinski definition) is 4. The maximum absolute atomic E-state index is 12.0. The molecule has 120 valence electrons. The predicted octanol–water partition coefficient (Wildman–Crippen LogP) is 4.16. The van der Waals surface area contributed by atoms with Crippen LogP contribution in [0.2, 0.25) is 0 Å². The van der Waals surface area contributed by atoms with Crippen molar-refractivity contribution >= 4 is 12.3 Å². The summed E-state index contributed by atoms with van der Waals surface area (Å²) in [5.74, 6) is 0.501. The molecule has 24 heavy (non-hydrogen) atoms. The molecule has 0 unspecified atom stereocenters. The largest absolute Gasteiger partial charge is 0.462 e. The van der Waals surface area contributed by atoms with Crippen LogP contribution in [-0.2, 0) is 11.2 Å². The number of esters is 1. The fourth-order valence-electron chi connectivity index (χ4n) is 2.33. The summed E-state index contributed by atoms with van der Waals surface area (Å²) in [7, 11) is 0. The fraction of sp³-hybridized carbons (Fsp3) is 0.100. The van der Waals surface area contributed by atoms with Crippen molar-refractivity contribution in [2.75, 3.05) is 6.61 Å². The second-order valence-electron chi connectivity index (χ2n) is 5.27. The van der Waals surface area contributed by atoms with Crippen LogP contribution in [0, 0.1) is 0 Å². The molecule has 1 heterocycles. The molecule has 3 aromatic rings. The SMILES string of the molecule is O=Cc1ccc(-c2ccc(C(=O)OCCc3ccccc3)cc2)o1. The number of benzene rings is 2. The third-order valence-corrected chi connectivity index (χ3v) is 3.61. The molecule has 0 bridgehead atoms. The first-order chi connectivity index (χ1) is 11.8. The number of ether oxygens (including phenoxy) is 1. The van der Waals surface area contributed by atoms with Crippen molar-refractivity contribution < 1.29 is 18.7 Å². The van der Waals surface area contributed by atoms with Crippen LogP contribution >= 0.6 is 0 Å². The first-order valence-corrected chi connectivity index (χ1v) is 7.63. The van der Waals surface area contributed by atoms with Crippen molar-refractivity contribution in [3.8, 4) is 11.3 Å². The van der Waals surface area contributed by atoms with Gasteiger partial charge in [-0.25, -0.2) is 4.79 Å². The minimum absolute atomic E-state index is 0.273. The number of furan rings is 1. The van der Waals surface area contributed by atoms with Crippen molar-refractivity contribution in [1.82, 2.24) is 0 Å². The third-order valence-electron chi connectivity index (χ3n) is 3.61. The molecule has 0 atom stereocenters. The maximum atomic E-state index is 12.0. The Balaban J connectivity index is 1.58. The molecule has 4 heteroatoms. The number of aldehydes is 1. The van der Waals surface area contributed by atoms with Crippen molar-refractivity contribution in [1.29, 1.82) is 0 Å². The predicted molar refractivity (Wildman–Crippen MR) is 90.0 cm³/mol. The number of carbonyl (C=O) groups is 2. The van der Waals surface area contributed by atoms with E-state index in [0.717, 1.165) is 11.1 Å². The summed E-state index contributed by atoms with van der Waals surface area (Å²) in [4.78, 5) is 22.7. The van der Waals surface area contributed by atoms with E-state index in [2.05, 4.69) is 0 Å². The zero-order valence-corrected chi connectivity index (χ0v) is 13.0. The highest BCUT2D eigenvalue weighted by atomic mass is 16.5. The molecule has 0 spiro atoms. The molecular formula is C20H16O4.